The summed E-state index contributed by atoms with van der Waals surface area (Å²) in [6.45, 7) is 5.64. The zero-order valence-electron chi connectivity index (χ0n) is 18.6. The predicted octanol–water partition coefficient (Wildman–Crippen LogP) is 4.19. The highest BCUT2D eigenvalue weighted by molar-refractivity contribution is 7.92. The lowest BCUT2D eigenvalue weighted by molar-refractivity contribution is 0.414. The maximum Gasteiger partial charge on any atom is 0.261 e. The fourth-order valence-corrected chi connectivity index (χ4v) is 4.29. The van der Waals surface area contributed by atoms with Gasteiger partial charge in [-0.2, -0.15) is 10.1 Å². The number of aromatic nitrogens is 4. The lowest BCUT2D eigenvalue weighted by atomic mass is 10.3. The quantitative estimate of drug-likeness (QED) is 0.436. The molecule has 0 amide bonds. The molecule has 10 heteroatoms. The molecule has 1 N–H and O–H groups in total. The summed E-state index contributed by atoms with van der Waals surface area (Å²) in [6, 6.07) is 16.4. The third-order valence-corrected chi connectivity index (χ3v) is 6.12. The van der Waals surface area contributed by atoms with Gasteiger partial charge in [0.2, 0.25) is 5.88 Å². The number of anilines is 1. The van der Waals surface area contributed by atoms with E-state index in [0.717, 1.165) is 11.4 Å². The molecule has 170 valence electrons. The standard InChI is InChI=1S/C23H23N5O4S/c1-15-13-16(2)28(26-15)22-14-23(25-17(3)24-22)32-20-7-5-18(6-8-20)27-33(29,30)21-11-9-19(31-4)10-12-21/h5-14,27H,1-4H3. The van der Waals surface area contributed by atoms with E-state index < -0.39 is 10.0 Å². The maximum atomic E-state index is 12.6. The molecule has 0 unspecified atom stereocenters. The molecule has 9 nitrogen and oxygen atoms in total. The van der Waals surface area contributed by atoms with Gasteiger partial charge in [-0.05, 0) is 75.4 Å². The van der Waals surface area contributed by atoms with Crippen molar-refractivity contribution in [3.63, 3.8) is 0 Å². The summed E-state index contributed by atoms with van der Waals surface area (Å²) in [4.78, 5) is 8.91. The molecule has 0 bridgehead atoms. The van der Waals surface area contributed by atoms with Crippen molar-refractivity contribution >= 4 is 15.7 Å². The Morgan fingerprint density at radius 1 is 0.879 bits per heavy atom. The average molecular weight is 466 g/mol. The number of ether oxygens (including phenoxy) is 2. The van der Waals surface area contributed by atoms with Crippen LogP contribution in [0.5, 0.6) is 17.4 Å². The van der Waals surface area contributed by atoms with Gasteiger partial charge in [-0.1, -0.05) is 0 Å². The molecule has 2 heterocycles. The van der Waals surface area contributed by atoms with Crippen LogP contribution in [0.1, 0.15) is 17.2 Å². The van der Waals surface area contributed by atoms with Gasteiger partial charge in [0.15, 0.2) is 5.82 Å². The Labute approximate surface area is 192 Å². The Morgan fingerprint density at radius 3 is 2.15 bits per heavy atom. The number of hydrogen-bond donors (Lipinski definition) is 1. The molecule has 4 aromatic rings. The second-order valence-electron chi connectivity index (χ2n) is 7.36. The van der Waals surface area contributed by atoms with Crippen LogP contribution in [-0.4, -0.2) is 35.3 Å². The minimum Gasteiger partial charge on any atom is -0.497 e. The lowest BCUT2D eigenvalue weighted by Crippen LogP contribution is -2.12. The van der Waals surface area contributed by atoms with Crippen molar-refractivity contribution < 1.29 is 17.9 Å². The largest absolute Gasteiger partial charge is 0.497 e. The Morgan fingerprint density at radius 2 is 1.55 bits per heavy atom. The van der Waals surface area contributed by atoms with E-state index in [4.69, 9.17) is 9.47 Å². The highest BCUT2D eigenvalue weighted by Crippen LogP contribution is 2.25. The van der Waals surface area contributed by atoms with E-state index in [-0.39, 0.29) is 4.90 Å². The number of nitrogens with zero attached hydrogens (tertiary/aromatic N) is 4. The van der Waals surface area contributed by atoms with Crippen LogP contribution in [0.3, 0.4) is 0 Å². The van der Waals surface area contributed by atoms with Crippen molar-refractivity contribution in [2.24, 2.45) is 0 Å². The van der Waals surface area contributed by atoms with Crippen molar-refractivity contribution in [1.82, 2.24) is 19.7 Å². The van der Waals surface area contributed by atoms with E-state index in [1.807, 2.05) is 19.9 Å². The topological polar surface area (TPSA) is 108 Å². The number of benzene rings is 2. The molecule has 0 saturated heterocycles. The van der Waals surface area contributed by atoms with E-state index in [1.54, 1.807) is 54.1 Å². The third-order valence-electron chi connectivity index (χ3n) is 4.73. The lowest BCUT2D eigenvalue weighted by Gasteiger charge is -2.11. The summed E-state index contributed by atoms with van der Waals surface area (Å²) < 4.78 is 40.4. The summed E-state index contributed by atoms with van der Waals surface area (Å²) in [5, 5.41) is 4.45. The summed E-state index contributed by atoms with van der Waals surface area (Å²) >= 11 is 0. The molecule has 0 atom stereocenters. The van der Waals surface area contributed by atoms with Crippen LogP contribution in [0, 0.1) is 20.8 Å². The highest BCUT2D eigenvalue weighted by atomic mass is 32.2. The third kappa shape index (κ3) is 5.12. The zero-order valence-corrected chi connectivity index (χ0v) is 19.4. The first kappa shape index (κ1) is 22.3. The summed E-state index contributed by atoms with van der Waals surface area (Å²) in [7, 11) is -2.21. The molecule has 0 fully saturated rings. The van der Waals surface area contributed by atoms with Crippen LogP contribution in [0.2, 0.25) is 0 Å². The molecule has 2 aromatic carbocycles. The van der Waals surface area contributed by atoms with Crippen LogP contribution in [0.4, 0.5) is 5.69 Å². The summed E-state index contributed by atoms with van der Waals surface area (Å²) in [5.74, 6) is 2.58. The summed E-state index contributed by atoms with van der Waals surface area (Å²) in [6.07, 6.45) is 0. The van der Waals surface area contributed by atoms with Crippen molar-refractivity contribution in [2.75, 3.05) is 11.8 Å². The SMILES string of the molecule is COc1ccc(S(=O)(=O)Nc2ccc(Oc3cc(-n4nc(C)cc4C)nc(C)n3)cc2)cc1. The minimum atomic E-state index is -3.73. The summed E-state index contributed by atoms with van der Waals surface area (Å²) in [5.41, 5.74) is 2.24. The van der Waals surface area contributed by atoms with Gasteiger partial charge >= 0.3 is 0 Å². The number of methoxy groups -OCH3 is 1. The number of hydrogen-bond acceptors (Lipinski definition) is 7. The molecule has 0 saturated carbocycles. The van der Waals surface area contributed by atoms with Crippen LogP contribution in [0.25, 0.3) is 5.82 Å². The fourth-order valence-electron chi connectivity index (χ4n) is 3.23. The Balaban J connectivity index is 1.50. The maximum absolute atomic E-state index is 12.6. The number of aryl methyl sites for hydroxylation is 3. The minimum absolute atomic E-state index is 0.136. The zero-order chi connectivity index (χ0) is 23.6. The molecule has 4 rings (SSSR count). The van der Waals surface area contributed by atoms with Crippen molar-refractivity contribution in [3.05, 3.63) is 77.9 Å². The Hall–Kier alpha value is -3.92. The van der Waals surface area contributed by atoms with Crippen molar-refractivity contribution in [1.29, 1.82) is 0 Å². The van der Waals surface area contributed by atoms with Gasteiger partial charge in [-0.25, -0.2) is 18.1 Å². The van der Waals surface area contributed by atoms with E-state index in [2.05, 4.69) is 19.8 Å². The predicted molar refractivity (Wildman–Crippen MR) is 124 cm³/mol. The van der Waals surface area contributed by atoms with E-state index in [1.165, 1.54) is 19.2 Å². The molecule has 0 aliphatic carbocycles. The first-order chi connectivity index (χ1) is 15.7. The molecule has 2 aromatic heterocycles. The van der Waals surface area contributed by atoms with E-state index in [0.29, 0.717) is 34.7 Å². The van der Waals surface area contributed by atoms with Gasteiger partial charge in [0, 0.05) is 17.4 Å². The molecule has 0 aliphatic heterocycles. The van der Waals surface area contributed by atoms with Gasteiger partial charge in [0.05, 0.1) is 17.7 Å². The van der Waals surface area contributed by atoms with Crippen LogP contribution in [-0.2, 0) is 10.0 Å². The number of sulfonamides is 1. The van der Waals surface area contributed by atoms with Crippen LogP contribution < -0.4 is 14.2 Å². The van der Waals surface area contributed by atoms with Gasteiger partial charge < -0.3 is 9.47 Å². The molecular formula is C23H23N5O4S. The first-order valence-electron chi connectivity index (χ1n) is 10.1. The Kier molecular flexibility index (Phi) is 6.01. The number of rotatable bonds is 7. The number of nitrogens with one attached hydrogen (secondary N) is 1. The molecule has 0 aliphatic rings. The van der Waals surface area contributed by atoms with Gasteiger partial charge in [-0.3, -0.25) is 4.72 Å². The Bertz CT molecular complexity index is 1380. The van der Waals surface area contributed by atoms with Crippen molar-refractivity contribution in [2.45, 2.75) is 25.7 Å². The smallest absolute Gasteiger partial charge is 0.261 e. The van der Waals surface area contributed by atoms with Gasteiger partial charge in [0.25, 0.3) is 10.0 Å². The van der Waals surface area contributed by atoms with Gasteiger partial charge in [0.1, 0.15) is 17.3 Å². The normalized spacial score (nSPS) is 11.3. The van der Waals surface area contributed by atoms with E-state index in [9.17, 15) is 8.42 Å². The molecule has 0 spiro atoms. The van der Waals surface area contributed by atoms with Crippen LogP contribution in [0.15, 0.2) is 65.6 Å². The average Bonchev–Trinajstić information content (AvgIpc) is 3.12. The molecule has 0 radical (unpaired) electrons. The monoisotopic (exact) mass is 465 g/mol. The second-order valence-corrected chi connectivity index (χ2v) is 9.04. The molecular weight excluding hydrogens is 442 g/mol. The highest BCUT2D eigenvalue weighted by Gasteiger charge is 2.15. The fraction of sp³-hybridized carbons (Fsp3) is 0.174. The van der Waals surface area contributed by atoms with Crippen molar-refractivity contribution in [3.8, 4) is 23.2 Å². The van der Waals surface area contributed by atoms with Crippen LogP contribution >= 0.6 is 0 Å². The molecule has 33 heavy (non-hydrogen) atoms. The first-order valence-corrected chi connectivity index (χ1v) is 11.6. The second kappa shape index (κ2) is 8.91. The van der Waals surface area contributed by atoms with Gasteiger partial charge in [-0.15, -0.1) is 0 Å². The van der Waals surface area contributed by atoms with E-state index >= 15 is 0 Å².